The fraction of sp³-hybridized carbons (Fsp3) is 0.222. The van der Waals surface area contributed by atoms with Crippen molar-refractivity contribution >= 4 is 38.6 Å². The molecule has 0 bridgehead atoms. The Balaban J connectivity index is 1.65. The fourth-order valence-electron chi connectivity index (χ4n) is 2.69. The van der Waals surface area contributed by atoms with Gasteiger partial charge >= 0.3 is 0 Å². The molecule has 0 aliphatic carbocycles. The summed E-state index contributed by atoms with van der Waals surface area (Å²) < 4.78 is 13.8. The van der Waals surface area contributed by atoms with E-state index in [9.17, 15) is 4.79 Å². The zero-order chi connectivity index (χ0) is 17.4. The molecule has 2 heterocycles. The molecule has 3 aromatic rings. The van der Waals surface area contributed by atoms with Gasteiger partial charge in [-0.2, -0.15) is 0 Å². The summed E-state index contributed by atoms with van der Waals surface area (Å²) in [5.74, 6) is 2.17. The number of thioether (sulfide) groups is 1. The summed E-state index contributed by atoms with van der Waals surface area (Å²) in [6.07, 6.45) is 0. The summed E-state index contributed by atoms with van der Waals surface area (Å²) in [6, 6.07) is 11.3. The Morgan fingerprint density at radius 3 is 2.72 bits per heavy atom. The highest BCUT2D eigenvalue weighted by atomic mass is 79.9. The lowest BCUT2D eigenvalue weighted by Crippen LogP contribution is -2.20. The third-order valence-electron chi connectivity index (χ3n) is 4.01. The third kappa shape index (κ3) is 3.14. The van der Waals surface area contributed by atoms with Gasteiger partial charge in [-0.1, -0.05) is 39.8 Å². The van der Waals surface area contributed by atoms with Gasteiger partial charge in [-0.05, 0) is 29.8 Å². The first-order valence-corrected chi connectivity index (χ1v) is 9.58. The number of hydrogen-bond donors (Lipinski definition) is 0. The molecular weight excluding hydrogens is 404 g/mol. The standard InChI is InChI=1S/C18H15BrN2O3S/c1-21-17(22)12-4-2-3-5-14(12)20-18(21)25-10-11-8-15-16(9-13(11)19)24-7-6-23-15/h2-5,8-9H,6-7,10H2,1H3. The lowest BCUT2D eigenvalue weighted by Gasteiger charge is -2.20. The van der Waals surface area contributed by atoms with Gasteiger partial charge in [0.1, 0.15) is 13.2 Å². The van der Waals surface area contributed by atoms with E-state index in [1.165, 1.54) is 11.8 Å². The van der Waals surface area contributed by atoms with Crippen LogP contribution in [0, 0.1) is 0 Å². The Bertz CT molecular complexity index is 1020. The minimum absolute atomic E-state index is 0.0330. The van der Waals surface area contributed by atoms with Crippen LogP contribution in [0.1, 0.15) is 5.56 Å². The van der Waals surface area contributed by atoms with Crippen LogP contribution in [0.25, 0.3) is 10.9 Å². The van der Waals surface area contributed by atoms with Crippen molar-refractivity contribution in [3.8, 4) is 11.5 Å². The van der Waals surface area contributed by atoms with E-state index in [4.69, 9.17) is 9.47 Å². The molecule has 0 radical (unpaired) electrons. The molecule has 0 saturated heterocycles. The van der Waals surface area contributed by atoms with Crippen molar-refractivity contribution in [3.63, 3.8) is 0 Å². The molecule has 1 aliphatic rings. The van der Waals surface area contributed by atoms with E-state index in [1.807, 2.05) is 30.3 Å². The van der Waals surface area contributed by atoms with Gasteiger partial charge in [0.2, 0.25) is 0 Å². The third-order valence-corrected chi connectivity index (χ3v) is 5.83. The van der Waals surface area contributed by atoms with Crippen LogP contribution in [0.15, 0.2) is 50.8 Å². The van der Waals surface area contributed by atoms with Crippen molar-refractivity contribution in [1.82, 2.24) is 9.55 Å². The molecule has 0 amide bonds. The topological polar surface area (TPSA) is 53.4 Å². The molecule has 5 nitrogen and oxygen atoms in total. The van der Waals surface area contributed by atoms with Crippen molar-refractivity contribution in [1.29, 1.82) is 0 Å². The van der Waals surface area contributed by atoms with Gasteiger partial charge in [0.05, 0.1) is 10.9 Å². The van der Waals surface area contributed by atoms with E-state index in [0.717, 1.165) is 21.5 Å². The van der Waals surface area contributed by atoms with Gasteiger partial charge in [0, 0.05) is 17.3 Å². The zero-order valence-electron chi connectivity index (χ0n) is 13.5. The molecule has 0 saturated carbocycles. The van der Waals surface area contributed by atoms with Crippen LogP contribution in [0.2, 0.25) is 0 Å². The van der Waals surface area contributed by atoms with Gasteiger partial charge in [-0.3, -0.25) is 9.36 Å². The smallest absolute Gasteiger partial charge is 0.261 e. The highest BCUT2D eigenvalue weighted by Gasteiger charge is 2.16. The van der Waals surface area contributed by atoms with Crippen LogP contribution in [0.4, 0.5) is 0 Å². The van der Waals surface area contributed by atoms with Gasteiger partial charge in [0.25, 0.3) is 5.56 Å². The summed E-state index contributed by atoms with van der Waals surface area (Å²) in [5.41, 5.74) is 1.75. The second kappa shape index (κ2) is 6.72. The first kappa shape index (κ1) is 16.5. The quantitative estimate of drug-likeness (QED) is 0.478. The van der Waals surface area contributed by atoms with Crippen molar-refractivity contribution in [2.24, 2.45) is 7.05 Å². The maximum atomic E-state index is 12.5. The monoisotopic (exact) mass is 418 g/mol. The predicted octanol–water partition coefficient (Wildman–Crippen LogP) is 3.76. The molecule has 0 atom stereocenters. The second-order valence-electron chi connectivity index (χ2n) is 5.65. The van der Waals surface area contributed by atoms with Gasteiger partial charge in [0.15, 0.2) is 16.7 Å². The average molecular weight is 419 g/mol. The molecule has 4 rings (SSSR count). The Labute approximate surface area is 157 Å². The minimum Gasteiger partial charge on any atom is -0.486 e. The van der Waals surface area contributed by atoms with Crippen LogP contribution in [0.3, 0.4) is 0 Å². The molecule has 0 N–H and O–H groups in total. The second-order valence-corrected chi connectivity index (χ2v) is 7.45. The first-order chi connectivity index (χ1) is 12.1. The molecular formula is C18H15BrN2O3S. The number of nitrogens with zero attached hydrogens (tertiary/aromatic N) is 2. The van der Waals surface area contributed by atoms with Crippen molar-refractivity contribution in [2.45, 2.75) is 10.9 Å². The molecule has 25 heavy (non-hydrogen) atoms. The summed E-state index contributed by atoms with van der Waals surface area (Å²) in [5, 5.41) is 1.32. The summed E-state index contributed by atoms with van der Waals surface area (Å²) in [7, 11) is 1.75. The van der Waals surface area contributed by atoms with Crippen molar-refractivity contribution in [2.75, 3.05) is 13.2 Å². The van der Waals surface area contributed by atoms with Gasteiger partial charge in [-0.15, -0.1) is 0 Å². The Morgan fingerprint density at radius 2 is 1.92 bits per heavy atom. The lowest BCUT2D eigenvalue weighted by atomic mass is 10.2. The SMILES string of the molecule is Cn1c(SCc2cc3c(cc2Br)OCCO3)nc2ccccc2c1=O. The van der Waals surface area contributed by atoms with E-state index < -0.39 is 0 Å². The molecule has 1 aromatic heterocycles. The number of fused-ring (bicyclic) bond motifs is 2. The number of rotatable bonds is 3. The largest absolute Gasteiger partial charge is 0.486 e. The Morgan fingerprint density at radius 1 is 1.20 bits per heavy atom. The maximum absolute atomic E-state index is 12.5. The van der Waals surface area contributed by atoms with Crippen LogP contribution in [-0.4, -0.2) is 22.8 Å². The molecule has 0 unspecified atom stereocenters. The van der Waals surface area contributed by atoms with Gasteiger partial charge < -0.3 is 9.47 Å². The zero-order valence-corrected chi connectivity index (χ0v) is 15.9. The molecule has 1 aliphatic heterocycles. The van der Waals surface area contributed by atoms with E-state index in [1.54, 1.807) is 17.7 Å². The molecule has 0 fully saturated rings. The van der Waals surface area contributed by atoms with Crippen LogP contribution in [-0.2, 0) is 12.8 Å². The van der Waals surface area contributed by atoms with E-state index >= 15 is 0 Å². The fourth-order valence-corrected chi connectivity index (χ4v) is 4.30. The highest BCUT2D eigenvalue weighted by Crippen LogP contribution is 2.37. The molecule has 0 spiro atoms. The number of ether oxygens (including phenoxy) is 2. The average Bonchev–Trinajstić information content (AvgIpc) is 2.63. The summed E-state index contributed by atoms with van der Waals surface area (Å²) in [6.45, 7) is 1.12. The number of hydrogen-bond acceptors (Lipinski definition) is 5. The van der Waals surface area contributed by atoms with E-state index in [0.29, 0.717) is 35.0 Å². The molecule has 128 valence electrons. The lowest BCUT2D eigenvalue weighted by molar-refractivity contribution is 0.171. The van der Waals surface area contributed by atoms with Crippen molar-refractivity contribution < 1.29 is 9.47 Å². The first-order valence-electron chi connectivity index (χ1n) is 7.80. The number of aromatic nitrogens is 2. The van der Waals surface area contributed by atoms with Crippen molar-refractivity contribution in [3.05, 3.63) is 56.8 Å². The maximum Gasteiger partial charge on any atom is 0.261 e. The Hall–Kier alpha value is -1.99. The minimum atomic E-state index is -0.0330. The van der Waals surface area contributed by atoms with Gasteiger partial charge in [-0.25, -0.2) is 4.98 Å². The normalized spacial score (nSPS) is 13.2. The van der Waals surface area contributed by atoms with Crippen LogP contribution >= 0.6 is 27.7 Å². The van der Waals surface area contributed by atoms with E-state index in [-0.39, 0.29) is 5.56 Å². The summed E-state index contributed by atoms with van der Waals surface area (Å²) >= 11 is 5.10. The number of halogens is 1. The Kier molecular flexibility index (Phi) is 4.43. The highest BCUT2D eigenvalue weighted by molar-refractivity contribution is 9.10. The van der Waals surface area contributed by atoms with Crippen LogP contribution < -0.4 is 15.0 Å². The van der Waals surface area contributed by atoms with E-state index in [2.05, 4.69) is 20.9 Å². The number of benzene rings is 2. The number of para-hydroxylation sites is 1. The predicted molar refractivity (Wildman–Crippen MR) is 102 cm³/mol. The molecule has 2 aromatic carbocycles. The summed E-state index contributed by atoms with van der Waals surface area (Å²) in [4.78, 5) is 17.1. The van der Waals surface area contributed by atoms with Crippen LogP contribution in [0.5, 0.6) is 11.5 Å². The molecule has 7 heteroatoms.